The Kier molecular flexibility index (Phi) is 11.8. The van der Waals surface area contributed by atoms with Gasteiger partial charge in [0.15, 0.2) is 5.96 Å². The number of guanidine groups is 1. The van der Waals surface area contributed by atoms with Crippen molar-refractivity contribution in [3.63, 3.8) is 0 Å². The van der Waals surface area contributed by atoms with Crippen LogP contribution >= 0.6 is 24.0 Å². The smallest absolute Gasteiger partial charge is 0.250 e. The molecule has 1 aromatic heterocycles. The van der Waals surface area contributed by atoms with Gasteiger partial charge < -0.3 is 24.3 Å². The van der Waals surface area contributed by atoms with E-state index in [4.69, 9.17) is 9.47 Å². The minimum Gasteiger partial charge on any atom is -0.376 e. The second-order valence-electron chi connectivity index (χ2n) is 7.92. The van der Waals surface area contributed by atoms with Crippen LogP contribution in [0.3, 0.4) is 0 Å². The molecule has 0 bridgehead atoms. The van der Waals surface area contributed by atoms with Gasteiger partial charge in [-0.15, -0.1) is 24.0 Å². The van der Waals surface area contributed by atoms with Crippen LogP contribution in [0.1, 0.15) is 44.9 Å². The van der Waals surface area contributed by atoms with Crippen LogP contribution in [0, 0.1) is 0 Å². The summed E-state index contributed by atoms with van der Waals surface area (Å²) in [5, 5.41) is 3.47. The Balaban J connectivity index is 0.00000320. The first-order valence-corrected chi connectivity index (χ1v) is 11.1. The molecule has 1 unspecified atom stereocenters. The van der Waals surface area contributed by atoms with Crippen molar-refractivity contribution in [1.82, 2.24) is 14.8 Å². The molecule has 2 aliphatic heterocycles. The molecule has 3 heterocycles. The number of pyridine rings is 1. The van der Waals surface area contributed by atoms with Crippen LogP contribution in [0.5, 0.6) is 0 Å². The van der Waals surface area contributed by atoms with Gasteiger partial charge in [0.05, 0.1) is 18.8 Å². The fourth-order valence-electron chi connectivity index (χ4n) is 4.00. The molecular weight excluding hydrogens is 495 g/mol. The Morgan fingerprint density at radius 1 is 1.23 bits per heavy atom. The zero-order chi connectivity index (χ0) is 20.3. The summed E-state index contributed by atoms with van der Waals surface area (Å²) in [5.74, 6) is 0.968. The average molecular weight is 532 g/mol. The summed E-state index contributed by atoms with van der Waals surface area (Å²) in [4.78, 5) is 18.5. The van der Waals surface area contributed by atoms with Crippen molar-refractivity contribution < 1.29 is 9.47 Å². The summed E-state index contributed by atoms with van der Waals surface area (Å²) < 4.78 is 13.6. The quantitative estimate of drug-likeness (QED) is 0.242. The number of aryl methyl sites for hydroxylation is 1. The molecule has 3 rings (SSSR count). The zero-order valence-electron chi connectivity index (χ0n) is 18.1. The fraction of sp³-hybridized carbons (Fsp3) is 0.727. The predicted molar refractivity (Wildman–Crippen MR) is 131 cm³/mol. The Morgan fingerprint density at radius 3 is 2.77 bits per heavy atom. The van der Waals surface area contributed by atoms with E-state index >= 15 is 0 Å². The lowest BCUT2D eigenvalue weighted by atomic mass is 10.1. The lowest BCUT2D eigenvalue weighted by Crippen LogP contribution is -2.47. The van der Waals surface area contributed by atoms with Gasteiger partial charge in [0.25, 0.3) is 0 Å². The number of rotatable bonds is 8. The lowest BCUT2D eigenvalue weighted by molar-refractivity contribution is -0.0721. The molecule has 1 N–H and O–H groups in total. The minimum atomic E-state index is 0. The number of nitrogens with one attached hydrogen (secondary N) is 1. The van der Waals surface area contributed by atoms with Gasteiger partial charge >= 0.3 is 0 Å². The van der Waals surface area contributed by atoms with E-state index in [1.165, 1.54) is 12.8 Å². The predicted octanol–water partition coefficient (Wildman–Crippen LogP) is 2.87. The van der Waals surface area contributed by atoms with Gasteiger partial charge in [-0.3, -0.25) is 9.79 Å². The van der Waals surface area contributed by atoms with Gasteiger partial charge in [0, 0.05) is 52.1 Å². The van der Waals surface area contributed by atoms with E-state index in [2.05, 4.69) is 15.2 Å². The number of aromatic nitrogens is 1. The number of nitrogens with zero attached hydrogens (tertiary/aromatic N) is 3. The van der Waals surface area contributed by atoms with Gasteiger partial charge in [-0.05, 0) is 51.0 Å². The molecule has 170 valence electrons. The highest BCUT2D eigenvalue weighted by atomic mass is 127. The van der Waals surface area contributed by atoms with E-state index in [-0.39, 0.29) is 29.5 Å². The molecule has 2 fully saturated rings. The molecule has 2 aliphatic rings. The molecule has 0 aliphatic carbocycles. The number of unbranched alkanes of at least 4 members (excludes halogenated alkanes) is 1. The van der Waals surface area contributed by atoms with Crippen molar-refractivity contribution in [2.45, 2.75) is 63.7 Å². The second-order valence-corrected chi connectivity index (χ2v) is 7.92. The SMILES string of the molecule is CN=C(NCCCCn1ccccc1=O)N1CCC(OCC2CCCCO2)CC1.I. The molecule has 0 saturated carbocycles. The van der Waals surface area contributed by atoms with Crippen LogP contribution in [0.4, 0.5) is 0 Å². The third kappa shape index (κ3) is 8.19. The monoisotopic (exact) mass is 532 g/mol. The third-order valence-corrected chi connectivity index (χ3v) is 5.75. The van der Waals surface area contributed by atoms with Gasteiger partial charge in [0.2, 0.25) is 5.56 Å². The lowest BCUT2D eigenvalue weighted by Gasteiger charge is -2.35. The minimum absolute atomic E-state index is 0. The second kappa shape index (κ2) is 14.0. The van der Waals surface area contributed by atoms with Crippen LogP contribution in [0.25, 0.3) is 0 Å². The summed E-state index contributed by atoms with van der Waals surface area (Å²) >= 11 is 0. The normalized spacial score (nSPS) is 20.6. The maximum atomic E-state index is 11.7. The summed E-state index contributed by atoms with van der Waals surface area (Å²) in [5.41, 5.74) is 0.0661. The maximum Gasteiger partial charge on any atom is 0.250 e. The molecule has 30 heavy (non-hydrogen) atoms. The van der Waals surface area contributed by atoms with Crippen molar-refractivity contribution in [2.24, 2.45) is 4.99 Å². The van der Waals surface area contributed by atoms with Crippen LogP contribution < -0.4 is 10.9 Å². The molecule has 0 aromatic carbocycles. The van der Waals surface area contributed by atoms with E-state index < -0.39 is 0 Å². The molecule has 7 nitrogen and oxygen atoms in total. The average Bonchev–Trinajstić information content (AvgIpc) is 2.77. The number of halogens is 1. The Labute approximate surface area is 197 Å². The van der Waals surface area contributed by atoms with Crippen molar-refractivity contribution in [2.75, 3.05) is 39.9 Å². The third-order valence-electron chi connectivity index (χ3n) is 5.75. The molecule has 0 radical (unpaired) electrons. The molecule has 0 amide bonds. The first kappa shape index (κ1) is 25.1. The van der Waals surface area contributed by atoms with E-state index in [9.17, 15) is 4.79 Å². The Hall–Kier alpha value is -1.13. The highest BCUT2D eigenvalue weighted by molar-refractivity contribution is 14.0. The maximum absolute atomic E-state index is 11.7. The first-order chi connectivity index (χ1) is 14.3. The number of hydrogen-bond donors (Lipinski definition) is 1. The standard InChI is InChI=1S/C22H36N4O3.HI/c1-23-22(24-12-4-6-14-25-13-5-2-9-21(25)27)26-15-10-19(11-16-26)29-18-20-8-3-7-17-28-20;/h2,5,9,13,19-20H,3-4,6-8,10-12,14-18H2,1H3,(H,23,24);1H. The molecular formula is C22H37IN4O3. The van der Waals surface area contributed by atoms with Crippen molar-refractivity contribution in [3.05, 3.63) is 34.7 Å². The number of ether oxygens (including phenoxy) is 2. The molecule has 8 heteroatoms. The number of hydrogen-bond acceptors (Lipinski definition) is 4. The number of piperidine rings is 1. The molecule has 0 spiro atoms. The summed E-state index contributed by atoms with van der Waals surface area (Å²) in [6.07, 6.45) is 10.1. The van der Waals surface area contributed by atoms with E-state index in [1.807, 2.05) is 19.3 Å². The highest BCUT2D eigenvalue weighted by Crippen LogP contribution is 2.17. The van der Waals surface area contributed by atoms with E-state index in [0.29, 0.717) is 12.2 Å². The van der Waals surface area contributed by atoms with Gasteiger partial charge in [-0.2, -0.15) is 0 Å². The van der Waals surface area contributed by atoms with Crippen molar-refractivity contribution in [1.29, 1.82) is 0 Å². The van der Waals surface area contributed by atoms with E-state index in [0.717, 1.165) is 77.5 Å². The highest BCUT2D eigenvalue weighted by Gasteiger charge is 2.23. The Morgan fingerprint density at radius 2 is 2.07 bits per heavy atom. The Bertz CT molecular complexity index is 683. The van der Waals surface area contributed by atoms with Gasteiger partial charge in [-0.25, -0.2) is 0 Å². The van der Waals surface area contributed by atoms with Crippen molar-refractivity contribution in [3.8, 4) is 0 Å². The van der Waals surface area contributed by atoms with Crippen LogP contribution in [0.15, 0.2) is 34.2 Å². The summed E-state index contributed by atoms with van der Waals surface area (Å²) in [7, 11) is 1.84. The molecule has 1 aromatic rings. The molecule has 2 saturated heterocycles. The fourth-order valence-corrected chi connectivity index (χ4v) is 4.00. The van der Waals surface area contributed by atoms with Gasteiger partial charge in [-0.1, -0.05) is 6.07 Å². The largest absolute Gasteiger partial charge is 0.376 e. The number of likely N-dealkylation sites (tertiary alicyclic amines) is 1. The summed E-state index contributed by atoms with van der Waals surface area (Å²) in [6.45, 7) is 5.18. The molecule has 1 atom stereocenters. The van der Waals surface area contributed by atoms with Crippen molar-refractivity contribution >= 4 is 29.9 Å². The van der Waals surface area contributed by atoms with Crippen LogP contribution in [-0.2, 0) is 16.0 Å². The first-order valence-electron chi connectivity index (χ1n) is 11.1. The van der Waals surface area contributed by atoms with Gasteiger partial charge in [0.1, 0.15) is 0 Å². The summed E-state index contributed by atoms with van der Waals surface area (Å²) in [6, 6.07) is 5.29. The zero-order valence-corrected chi connectivity index (χ0v) is 20.5. The van der Waals surface area contributed by atoms with E-state index in [1.54, 1.807) is 16.7 Å². The number of aliphatic imine (C=N–C) groups is 1. The topological polar surface area (TPSA) is 68.1 Å². The van der Waals surface area contributed by atoms with Crippen LogP contribution in [-0.4, -0.2) is 67.5 Å². The van der Waals surface area contributed by atoms with Crippen LogP contribution in [0.2, 0.25) is 0 Å².